The van der Waals surface area contributed by atoms with Crippen LogP contribution in [0.25, 0.3) is 5.52 Å². The molecule has 5 N–H and O–H groups in total. The van der Waals surface area contributed by atoms with E-state index in [4.69, 9.17) is 24.3 Å². The maximum absolute atomic E-state index is 13.7. The summed E-state index contributed by atoms with van der Waals surface area (Å²) in [6, 6.07) is 13.6. The van der Waals surface area contributed by atoms with Crippen LogP contribution in [-0.4, -0.2) is 63.4 Å². The first-order chi connectivity index (χ1) is 18.1. The molecule has 0 bridgehead atoms. The highest BCUT2D eigenvalue weighted by molar-refractivity contribution is 7.52. The lowest BCUT2D eigenvalue weighted by Gasteiger charge is -2.25. The van der Waals surface area contributed by atoms with E-state index >= 15 is 0 Å². The number of nitrogens with zero attached hydrogens (tertiary/aromatic N) is 3. The molecule has 0 spiro atoms. The zero-order valence-corrected chi connectivity index (χ0v) is 21.5. The summed E-state index contributed by atoms with van der Waals surface area (Å²) >= 11 is 0. The minimum atomic E-state index is -4.27. The van der Waals surface area contributed by atoms with Gasteiger partial charge in [0.2, 0.25) is 5.60 Å². The molecule has 1 aliphatic rings. The second-order valence-electron chi connectivity index (χ2n) is 8.54. The summed E-state index contributed by atoms with van der Waals surface area (Å²) < 4.78 is 36.9. The van der Waals surface area contributed by atoms with Crippen molar-refractivity contribution >= 4 is 24.9 Å². The quantitative estimate of drug-likeness (QED) is 0.212. The number of carbonyl (C=O) groups excluding carboxylic acids is 1. The van der Waals surface area contributed by atoms with Crippen LogP contribution in [0, 0.1) is 11.3 Å². The molecule has 1 saturated heterocycles. The Hall–Kier alpha value is -3.50. The predicted octanol–water partition coefficient (Wildman–Crippen LogP) is 1.50. The van der Waals surface area contributed by atoms with E-state index in [9.17, 15) is 24.8 Å². The van der Waals surface area contributed by atoms with E-state index in [-0.39, 0.29) is 18.1 Å². The fourth-order valence-electron chi connectivity index (χ4n) is 4.07. The maximum atomic E-state index is 13.7. The number of benzene rings is 1. The molecule has 3 aromatic rings. The van der Waals surface area contributed by atoms with Gasteiger partial charge in [-0.2, -0.15) is 15.4 Å². The lowest BCUT2D eigenvalue weighted by molar-refractivity contribution is -0.144. The summed E-state index contributed by atoms with van der Waals surface area (Å²) in [6.45, 7) is 2.59. The molecule has 0 amide bonds. The Bertz CT molecular complexity index is 1380. The summed E-state index contributed by atoms with van der Waals surface area (Å²) in [5.41, 5.74) is 4.92. The topological polar surface area (TPSA) is 191 Å². The van der Waals surface area contributed by atoms with Crippen molar-refractivity contribution in [2.75, 3.05) is 18.9 Å². The average Bonchev–Trinajstić information content (AvgIpc) is 3.44. The Morgan fingerprint density at radius 1 is 1.32 bits per heavy atom. The zero-order valence-electron chi connectivity index (χ0n) is 20.6. The molecule has 13 nitrogen and oxygen atoms in total. The van der Waals surface area contributed by atoms with E-state index in [0.717, 1.165) is 0 Å². The maximum Gasteiger partial charge on any atom is 0.459 e. The molecule has 1 aromatic carbocycles. The number of aromatic nitrogens is 2. The number of aliphatic hydroxyl groups excluding tert-OH is 2. The van der Waals surface area contributed by atoms with Gasteiger partial charge in [-0.1, -0.05) is 18.2 Å². The van der Waals surface area contributed by atoms with Crippen molar-refractivity contribution in [3.63, 3.8) is 0 Å². The standard InChI is InChI=1S/C24H28N5O8P/c1-3-34-23(32)15(2)28-38(33,37-16-7-5-4-6-8-16)35-13-19-21(30)22(31)24(14-25,36-19)20-10-9-18-17(26)11-12-27-29(18)20/h4-12,15,19,21-22,30-31H,3,13,26H2,1-2H3,(H,28,33)/t15-,19+,21+,22+,24-,38?/m0/s1. The number of nitrogens with two attached hydrogens (primary N) is 1. The summed E-state index contributed by atoms with van der Waals surface area (Å²) in [5, 5.41) is 38.5. The van der Waals surface area contributed by atoms with Gasteiger partial charge in [-0.25, -0.2) is 9.08 Å². The predicted molar refractivity (Wildman–Crippen MR) is 134 cm³/mol. The number of nitrogens with one attached hydrogen (secondary N) is 1. The number of hydrogen-bond acceptors (Lipinski definition) is 11. The molecule has 0 aliphatic carbocycles. The third kappa shape index (κ3) is 5.23. The second kappa shape index (κ2) is 11.1. The Labute approximate surface area is 218 Å². The molecule has 14 heteroatoms. The Balaban J connectivity index is 1.58. The molecule has 0 radical (unpaired) electrons. The molecule has 4 rings (SSSR count). The van der Waals surface area contributed by atoms with E-state index < -0.39 is 50.3 Å². The third-order valence-electron chi connectivity index (χ3n) is 5.96. The van der Waals surface area contributed by atoms with Crippen LogP contribution >= 0.6 is 7.75 Å². The van der Waals surface area contributed by atoms with Gasteiger partial charge in [0.25, 0.3) is 0 Å². The van der Waals surface area contributed by atoms with Crippen LogP contribution in [-0.2, 0) is 29.0 Å². The minimum Gasteiger partial charge on any atom is -0.465 e. The van der Waals surface area contributed by atoms with Crippen LogP contribution in [0.5, 0.6) is 5.75 Å². The minimum absolute atomic E-state index is 0.112. The van der Waals surface area contributed by atoms with Crippen LogP contribution in [0.15, 0.2) is 54.7 Å². The smallest absolute Gasteiger partial charge is 0.459 e. The Morgan fingerprint density at radius 3 is 2.74 bits per heavy atom. The van der Waals surface area contributed by atoms with Crippen molar-refractivity contribution in [1.29, 1.82) is 5.26 Å². The number of aliphatic hydroxyl groups is 2. The molecular weight excluding hydrogens is 517 g/mol. The van der Waals surface area contributed by atoms with E-state index in [0.29, 0.717) is 11.2 Å². The molecule has 202 valence electrons. The van der Waals surface area contributed by atoms with E-state index in [1.165, 1.54) is 35.8 Å². The highest BCUT2D eigenvalue weighted by Crippen LogP contribution is 2.47. The molecule has 1 unspecified atom stereocenters. The largest absolute Gasteiger partial charge is 0.465 e. The van der Waals surface area contributed by atoms with Crippen molar-refractivity contribution in [2.24, 2.45) is 0 Å². The van der Waals surface area contributed by atoms with Gasteiger partial charge in [0.05, 0.1) is 30.1 Å². The molecular formula is C24H28N5O8P. The van der Waals surface area contributed by atoms with Gasteiger partial charge < -0.3 is 29.9 Å². The van der Waals surface area contributed by atoms with Gasteiger partial charge in [0.15, 0.2) is 0 Å². The fraction of sp³-hybridized carbons (Fsp3) is 0.375. The van der Waals surface area contributed by atoms with Crippen molar-refractivity contribution in [3.8, 4) is 11.8 Å². The number of hydrogen-bond donors (Lipinski definition) is 4. The highest BCUT2D eigenvalue weighted by atomic mass is 31.2. The highest BCUT2D eigenvalue weighted by Gasteiger charge is 2.58. The number of nitriles is 1. The van der Waals surface area contributed by atoms with Gasteiger partial charge in [-0.3, -0.25) is 9.32 Å². The van der Waals surface area contributed by atoms with E-state index in [2.05, 4.69) is 10.2 Å². The lowest BCUT2D eigenvalue weighted by atomic mass is 9.92. The van der Waals surface area contributed by atoms with Gasteiger partial charge in [-0.05, 0) is 44.2 Å². The molecule has 0 saturated carbocycles. The zero-order chi connectivity index (χ0) is 27.5. The van der Waals surface area contributed by atoms with Crippen LogP contribution in [0.1, 0.15) is 19.5 Å². The summed E-state index contributed by atoms with van der Waals surface area (Å²) in [6.07, 6.45) is -3.23. The van der Waals surface area contributed by atoms with Crippen molar-refractivity contribution < 1.29 is 38.1 Å². The number of rotatable bonds is 10. The number of carbonyl (C=O) groups is 1. The average molecular weight is 545 g/mol. The van der Waals surface area contributed by atoms with Crippen LogP contribution in [0.3, 0.4) is 0 Å². The summed E-state index contributed by atoms with van der Waals surface area (Å²) in [4.78, 5) is 12.1. The number of para-hydroxylation sites is 1. The second-order valence-corrected chi connectivity index (χ2v) is 10.2. The Kier molecular flexibility index (Phi) is 8.03. The van der Waals surface area contributed by atoms with Gasteiger partial charge >= 0.3 is 13.7 Å². The van der Waals surface area contributed by atoms with E-state index in [1.807, 2.05) is 6.07 Å². The molecule has 2 aromatic heterocycles. The van der Waals surface area contributed by atoms with Gasteiger partial charge in [0.1, 0.15) is 36.2 Å². The normalized spacial score (nSPS) is 25.4. The molecule has 38 heavy (non-hydrogen) atoms. The van der Waals surface area contributed by atoms with Crippen LogP contribution in [0.4, 0.5) is 5.69 Å². The molecule has 3 heterocycles. The SMILES string of the molecule is CCOC(=O)[C@H](C)NP(=O)(OC[C@H]1O[C@@](C#N)(c2ccc3c(N)ccnn23)[C@H](O)[C@@H]1O)Oc1ccccc1. The Morgan fingerprint density at radius 2 is 2.05 bits per heavy atom. The molecule has 6 atom stereocenters. The van der Waals surface area contributed by atoms with Crippen molar-refractivity contribution in [2.45, 2.75) is 43.8 Å². The first-order valence-corrected chi connectivity index (χ1v) is 13.3. The van der Waals surface area contributed by atoms with Crippen LogP contribution in [0.2, 0.25) is 0 Å². The monoisotopic (exact) mass is 545 g/mol. The first-order valence-electron chi connectivity index (χ1n) is 11.8. The number of anilines is 1. The summed E-state index contributed by atoms with van der Waals surface area (Å²) in [5.74, 6) is -0.502. The number of fused-ring (bicyclic) bond motifs is 1. The number of ether oxygens (including phenoxy) is 2. The van der Waals surface area contributed by atoms with Gasteiger partial charge in [0, 0.05) is 6.20 Å². The van der Waals surface area contributed by atoms with E-state index in [1.54, 1.807) is 37.3 Å². The van der Waals surface area contributed by atoms with Crippen molar-refractivity contribution in [3.05, 3.63) is 60.4 Å². The summed E-state index contributed by atoms with van der Waals surface area (Å²) in [7, 11) is -4.27. The molecule has 1 aliphatic heterocycles. The van der Waals surface area contributed by atoms with Gasteiger partial charge in [-0.15, -0.1) is 0 Å². The van der Waals surface area contributed by atoms with Crippen LogP contribution < -0.4 is 15.3 Å². The first kappa shape index (κ1) is 27.5. The fourth-order valence-corrected chi connectivity index (χ4v) is 5.58. The lowest BCUT2D eigenvalue weighted by Crippen LogP contribution is -2.41. The number of esters is 1. The van der Waals surface area contributed by atoms with Crippen molar-refractivity contribution in [1.82, 2.24) is 14.7 Å². The molecule has 1 fully saturated rings. The third-order valence-corrected chi connectivity index (χ3v) is 7.61. The number of nitrogen functional groups attached to an aromatic ring is 1.